The minimum Gasteiger partial charge on any atom is -0.453 e. The summed E-state index contributed by atoms with van der Waals surface area (Å²) < 4.78 is 5.01. The lowest BCUT2D eigenvalue weighted by Gasteiger charge is -2.06. The van der Waals surface area contributed by atoms with Crippen LogP contribution in [-0.2, 0) is 9.53 Å². The molecule has 0 saturated heterocycles. The van der Waals surface area contributed by atoms with Gasteiger partial charge < -0.3 is 10.1 Å². The first-order valence-corrected chi connectivity index (χ1v) is 7.63. The number of benzene rings is 1. The Bertz CT molecular complexity index is 752. The van der Waals surface area contributed by atoms with E-state index < -0.39 is 5.97 Å². The van der Waals surface area contributed by atoms with E-state index in [1.807, 2.05) is 0 Å². The second kappa shape index (κ2) is 5.73. The highest BCUT2D eigenvalue weighted by atomic mass is 32.1. The molecule has 0 bridgehead atoms. The van der Waals surface area contributed by atoms with Crippen LogP contribution in [0.4, 0.5) is 5.69 Å². The van der Waals surface area contributed by atoms with E-state index >= 15 is 0 Å². The molecule has 1 aromatic heterocycles. The number of esters is 1. The van der Waals surface area contributed by atoms with Crippen molar-refractivity contribution in [1.29, 1.82) is 0 Å². The molecule has 1 N–H and O–H groups in total. The molecule has 0 aliphatic carbocycles. The van der Waals surface area contributed by atoms with Crippen LogP contribution >= 0.6 is 11.3 Å². The minimum absolute atomic E-state index is 0.0799. The van der Waals surface area contributed by atoms with E-state index in [-0.39, 0.29) is 24.2 Å². The Kier molecular flexibility index (Phi) is 3.77. The second-order valence-electron chi connectivity index (χ2n) is 4.99. The third-order valence-electron chi connectivity index (χ3n) is 3.55. The number of ketones is 1. The van der Waals surface area contributed by atoms with Crippen LogP contribution in [0.1, 0.15) is 38.4 Å². The van der Waals surface area contributed by atoms with E-state index in [2.05, 4.69) is 5.32 Å². The summed E-state index contributed by atoms with van der Waals surface area (Å²) >= 11 is 1.26. The largest absolute Gasteiger partial charge is 0.453 e. The Morgan fingerprint density at radius 3 is 2.86 bits per heavy atom. The molecule has 0 spiro atoms. The van der Waals surface area contributed by atoms with Gasteiger partial charge in [-0.25, -0.2) is 4.79 Å². The number of rotatable bonds is 4. The Hall–Kier alpha value is -2.47. The molecule has 1 aliphatic heterocycles. The van der Waals surface area contributed by atoms with E-state index in [1.165, 1.54) is 11.3 Å². The number of carbonyl (C=O) groups excluding carboxylic acids is 3. The maximum atomic E-state index is 12.1. The van der Waals surface area contributed by atoms with Crippen LogP contribution in [0.25, 0.3) is 0 Å². The molecule has 1 aromatic carbocycles. The summed E-state index contributed by atoms with van der Waals surface area (Å²) in [5, 5.41) is 4.52. The van der Waals surface area contributed by atoms with Crippen LogP contribution in [-0.4, -0.2) is 24.3 Å². The molecule has 0 fully saturated rings. The molecule has 6 heteroatoms. The highest BCUT2D eigenvalue weighted by molar-refractivity contribution is 7.11. The Morgan fingerprint density at radius 2 is 2.14 bits per heavy atom. The van der Waals surface area contributed by atoms with Gasteiger partial charge in [0.1, 0.15) is 4.88 Å². The first-order chi connectivity index (χ1) is 10.6. The fourth-order valence-electron chi connectivity index (χ4n) is 2.27. The number of Topliss-reactive ketones (excluding diaryl/α,β-unsaturated/α-hetero) is 1. The quantitative estimate of drug-likeness (QED) is 0.695. The average molecular weight is 315 g/mol. The molecule has 0 unspecified atom stereocenters. The monoisotopic (exact) mass is 315 g/mol. The Balaban J connectivity index is 1.69. The number of anilines is 1. The van der Waals surface area contributed by atoms with Gasteiger partial charge in [-0.05, 0) is 42.1 Å². The summed E-state index contributed by atoms with van der Waals surface area (Å²) in [5.74, 6) is -1.16. The molecule has 1 atom stereocenters. The lowest BCUT2D eigenvalue weighted by Crippen LogP contribution is -2.13. The average Bonchev–Trinajstić information content (AvgIpc) is 3.14. The zero-order chi connectivity index (χ0) is 15.7. The van der Waals surface area contributed by atoms with Gasteiger partial charge in [0, 0.05) is 11.3 Å². The molecular formula is C16H13NO4S. The van der Waals surface area contributed by atoms with Crippen molar-refractivity contribution in [1.82, 2.24) is 0 Å². The number of hydrogen-bond donors (Lipinski definition) is 1. The van der Waals surface area contributed by atoms with Gasteiger partial charge >= 0.3 is 5.97 Å². The topological polar surface area (TPSA) is 72.5 Å². The van der Waals surface area contributed by atoms with E-state index in [0.717, 1.165) is 11.3 Å². The standard InChI is InChI=1S/C16H13NO4S/c1-9-11-7-10(4-5-12(11)17-15(9)19)13(18)8-21-16(20)14-3-2-6-22-14/h2-7,9H,8H2,1H3,(H,17,19)/t9-/m1/s1. The molecule has 0 radical (unpaired) electrons. The maximum absolute atomic E-state index is 12.1. The summed E-state index contributed by atoms with van der Waals surface area (Å²) in [7, 11) is 0. The number of hydrogen-bond acceptors (Lipinski definition) is 5. The lowest BCUT2D eigenvalue weighted by atomic mass is 9.99. The Morgan fingerprint density at radius 1 is 1.32 bits per heavy atom. The van der Waals surface area contributed by atoms with E-state index in [4.69, 9.17) is 4.74 Å². The fourth-order valence-corrected chi connectivity index (χ4v) is 2.89. The van der Waals surface area contributed by atoms with Crippen molar-refractivity contribution in [3.8, 4) is 0 Å². The van der Waals surface area contributed by atoms with Crippen molar-refractivity contribution >= 4 is 34.7 Å². The smallest absolute Gasteiger partial charge is 0.348 e. The van der Waals surface area contributed by atoms with Gasteiger partial charge in [-0.2, -0.15) is 0 Å². The number of ether oxygens (including phenoxy) is 1. The third-order valence-corrected chi connectivity index (χ3v) is 4.40. The minimum atomic E-state index is -0.505. The van der Waals surface area contributed by atoms with Crippen LogP contribution in [0.15, 0.2) is 35.7 Å². The van der Waals surface area contributed by atoms with Gasteiger partial charge in [-0.15, -0.1) is 11.3 Å². The Labute approximate surface area is 130 Å². The summed E-state index contributed by atoms with van der Waals surface area (Å²) in [6.45, 7) is 1.47. The molecule has 1 aliphatic rings. The predicted molar refractivity (Wildman–Crippen MR) is 82.4 cm³/mol. The summed E-state index contributed by atoms with van der Waals surface area (Å²) in [6, 6.07) is 8.39. The summed E-state index contributed by atoms with van der Waals surface area (Å²) in [4.78, 5) is 35.9. The van der Waals surface area contributed by atoms with Crippen LogP contribution in [0, 0.1) is 0 Å². The van der Waals surface area contributed by atoms with Crippen LogP contribution in [0.2, 0.25) is 0 Å². The normalized spacial score (nSPS) is 16.0. The van der Waals surface area contributed by atoms with Gasteiger partial charge in [-0.1, -0.05) is 6.07 Å². The molecule has 2 aromatic rings. The molecule has 5 nitrogen and oxygen atoms in total. The van der Waals surface area contributed by atoms with Crippen molar-refractivity contribution in [2.45, 2.75) is 12.8 Å². The fraction of sp³-hybridized carbons (Fsp3) is 0.188. The SMILES string of the molecule is C[C@H]1C(=O)Nc2ccc(C(=O)COC(=O)c3cccs3)cc21. The van der Waals surface area contributed by atoms with Crippen molar-refractivity contribution < 1.29 is 19.1 Å². The first kappa shape index (κ1) is 14.5. The zero-order valence-corrected chi connectivity index (χ0v) is 12.6. The zero-order valence-electron chi connectivity index (χ0n) is 11.8. The molecule has 2 heterocycles. The highest BCUT2D eigenvalue weighted by Crippen LogP contribution is 2.32. The number of amides is 1. The molecule has 1 amide bonds. The van der Waals surface area contributed by atoms with Crippen molar-refractivity contribution in [3.63, 3.8) is 0 Å². The molecule has 3 rings (SSSR count). The predicted octanol–water partition coefficient (Wildman–Crippen LogP) is 2.84. The summed E-state index contributed by atoms with van der Waals surface area (Å²) in [6.07, 6.45) is 0. The van der Waals surface area contributed by atoms with Crippen molar-refractivity contribution in [2.24, 2.45) is 0 Å². The first-order valence-electron chi connectivity index (χ1n) is 6.75. The van der Waals surface area contributed by atoms with Crippen LogP contribution in [0.3, 0.4) is 0 Å². The van der Waals surface area contributed by atoms with Gasteiger partial charge in [0.15, 0.2) is 12.4 Å². The lowest BCUT2D eigenvalue weighted by molar-refractivity contribution is -0.116. The van der Waals surface area contributed by atoms with Crippen LogP contribution < -0.4 is 5.32 Å². The van der Waals surface area contributed by atoms with E-state index in [0.29, 0.717) is 10.4 Å². The molecular weight excluding hydrogens is 302 g/mol. The third kappa shape index (κ3) is 2.65. The summed E-state index contributed by atoms with van der Waals surface area (Å²) in [5.41, 5.74) is 1.95. The molecule has 112 valence electrons. The van der Waals surface area contributed by atoms with Crippen molar-refractivity contribution in [3.05, 3.63) is 51.7 Å². The van der Waals surface area contributed by atoms with E-state index in [9.17, 15) is 14.4 Å². The number of nitrogens with one attached hydrogen (secondary N) is 1. The van der Waals surface area contributed by atoms with Gasteiger partial charge in [0.25, 0.3) is 0 Å². The van der Waals surface area contributed by atoms with E-state index in [1.54, 1.807) is 42.6 Å². The van der Waals surface area contributed by atoms with Gasteiger partial charge in [0.05, 0.1) is 5.92 Å². The number of fused-ring (bicyclic) bond motifs is 1. The van der Waals surface area contributed by atoms with Gasteiger partial charge in [-0.3, -0.25) is 9.59 Å². The molecule has 0 saturated carbocycles. The molecule has 22 heavy (non-hydrogen) atoms. The maximum Gasteiger partial charge on any atom is 0.348 e. The van der Waals surface area contributed by atoms with Gasteiger partial charge in [0.2, 0.25) is 5.91 Å². The number of thiophene rings is 1. The second-order valence-corrected chi connectivity index (χ2v) is 5.94. The van der Waals surface area contributed by atoms with Crippen LogP contribution in [0.5, 0.6) is 0 Å². The van der Waals surface area contributed by atoms with Crippen molar-refractivity contribution in [2.75, 3.05) is 11.9 Å². The number of carbonyl (C=O) groups is 3. The highest BCUT2D eigenvalue weighted by Gasteiger charge is 2.27.